The Kier molecular flexibility index (Phi) is 5.72. The number of ether oxygens (including phenoxy) is 2. The van der Waals surface area contributed by atoms with Gasteiger partial charge in [0.2, 0.25) is 0 Å². The van der Waals surface area contributed by atoms with Crippen LogP contribution in [0.1, 0.15) is 47.2 Å². The molecular formula is C25H29NO3. The van der Waals surface area contributed by atoms with Crippen LogP contribution in [0.15, 0.2) is 54.6 Å². The Bertz CT molecular complexity index is 906. The molecule has 1 aliphatic heterocycles. The zero-order valence-corrected chi connectivity index (χ0v) is 17.4. The van der Waals surface area contributed by atoms with E-state index in [9.17, 15) is 4.79 Å². The Balaban J connectivity index is 1.55. The van der Waals surface area contributed by atoms with Gasteiger partial charge in [0.25, 0.3) is 0 Å². The fraction of sp³-hybridized carbons (Fsp3) is 0.400. The third-order valence-electron chi connectivity index (χ3n) is 6.12. The molecule has 4 heteroatoms. The first-order chi connectivity index (χ1) is 14.1. The molecule has 1 heterocycles. The van der Waals surface area contributed by atoms with E-state index in [1.165, 1.54) is 11.1 Å². The van der Waals surface area contributed by atoms with Crippen LogP contribution < -0.4 is 9.47 Å². The Hall–Kier alpha value is -2.59. The monoisotopic (exact) mass is 391 g/mol. The minimum atomic E-state index is 0.0607. The summed E-state index contributed by atoms with van der Waals surface area (Å²) in [5.74, 6) is 2.29. The van der Waals surface area contributed by atoms with Gasteiger partial charge >= 0.3 is 0 Å². The zero-order valence-electron chi connectivity index (χ0n) is 17.4. The molecule has 0 spiro atoms. The van der Waals surface area contributed by atoms with Gasteiger partial charge in [-0.25, -0.2) is 0 Å². The molecule has 3 atom stereocenters. The van der Waals surface area contributed by atoms with Crippen molar-refractivity contribution < 1.29 is 14.3 Å². The van der Waals surface area contributed by atoms with Crippen molar-refractivity contribution in [2.75, 3.05) is 20.7 Å². The van der Waals surface area contributed by atoms with Gasteiger partial charge in [-0.2, -0.15) is 0 Å². The standard InChI is InChI=1S/C25H29NO3/c1-4-26(2)16-19-11-13-22(28-3)25-24(19)20-12-10-17(15-23(20)29-25)14-21(27)18-8-6-5-7-9-18/h5-13,17,20,23H,4,14-16H2,1-3H3/t17-,20?,23?/m1/s1. The van der Waals surface area contributed by atoms with E-state index in [0.29, 0.717) is 6.42 Å². The number of carbonyl (C=O) groups excluding carboxylic acids is 1. The lowest BCUT2D eigenvalue weighted by Gasteiger charge is -2.26. The van der Waals surface area contributed by atoms with Crippen molar-refractivity contribution in [3.05, 3.63) is 71.3 Å². The predicted molar refractivity (Wildman–Crippen MR) is 115 cm³/mol. The van der Waals surface area contributed by atoms with Crippen molar-refractivity contribution in [3.63, 3.8) is 0 Å². The molecule has 1 aliphatic carbocycles. The predicted octanol–water partition coefficient (Wildman–Crippen LogP) is 4.84. The van der Waals surface area contributed by atoms with Gasteiger partial charge in [-0.1, -0.05) is 55.5 Å². The number of carbonyl (C=O) groups is 1. The van der Waals surface area contributed by atoms with Crippen LogP contribution in [0.4, 0.5) is 0 Å². The first-order valence-corrected chi connectivity index (χ1v) is 10.4. The van der Waals surface area contributed by atoms with E-state index in [-0.39, 0.29) is 23.7 Å². The first-order valence-electron chi connectivity index (χ1n) is 10.4. The molecule has 152 valence electrons. The quantitative estimate of drug-likeness (QED) is 0.500. The molecule has 2 unspecified atom stereocenters. The smallest absolute Gasteiger partial charge is 0.165 e. The number of fused-ring (bicyclic) bond motifs is 3. The lowest BCUT2D eigenvalue weighted by molar-refractivity contribution is 0.0951. The van der Waals surface area contributed by atoms with E-state index < -0.39 is 0 Å². The van der Waals surface area contributed by atoms with E-state index in [0.717, 1.165) is 36.6 Å². The minimum absolute atomic E-state index is 0.0607. The molecular weight excluding hydrogens is 362 g/mol. The van der Waals surface area contributed by atoms with Crippen LogP contribution in [0.25, 0.3) is 0 Å². The zero-order chi connectivity index (χ0) is 20.4. The number of nitrogens with zero attached hydrogens (tertiary/aromatic N) is 1. The summed E-state index contributed by atoms with van der Waals surface area (Å²) < 4.78 is 12.0. The van der Waals surface area contributed by atoms with Crippen molar-refractivity contribution in [1.29, 1.82) is 0 Å². The molecule has 2 aromatic rings. The van der Waals surface area contributed by atoms with Gasteiger partial charge in [0.15, 0.2) is 17.3 Å². The summed E-state index contributed by atoms with van der Waals surface area (Å²) in [5, 5.41) is 0. The maximum absolute atomic E-state index is 12.6. The van der Waals surface area contributed by atoms with Crippen molar-refractivity contribution in [1.82, 2.24) is 4.90 Å². The van der Waals surface area contributed by atoms with Gasteiger partial charge in [0.05, 0.1) is 7.11 Å². The van der Waals surface area contributed by atoms with Crippen LogP contribution >= 0.6 is 0 Å². The summed E-state index contributed by atoms with van der Waals surface area (Å²) in [4.78, 5) is 14.9. The third kappa shape index (κ3) is 3.95. The number of Topliss-reactive ketones (excluding diaryl/α,β-unsaturated/α-hetero) is 1. The largest absolute Gasteiger partial charge is 0.493 e. The molecule has 2 aromatic carbocycles. The van der Waals surface area contributed by atoms with Crippen LogP contribution in [0.3, 0.4) is 0 Å². The van der Waals surface area contributed by atoms with E-state index in [1.807, 2.05) is 36.4 Å². The van der Waals surface area contributed by atoms with E-state index in [2.05, 4.69) is 37.1 Å². The van der Waals surface area contributed by atoms with Crippen molar-refractivity contribution in [2.45, 2.75) is 38.3 Å². The van der Waals surface area contributed by atoms with Crippen LogP contribution in [0.5, 0.6) is 11.5 Å². The second-order valence-corrected chi connectivity index (χ2v) is 8.06. The highest BCUT2D eigenvalue weighted by Crippen LogP contribution is 2.50. The highest BCUT2D eigenvalue weighted by atomic mass is 16.5. The molecule has 0 bridgehead atoms. The van der Waals surface area contributed by atoms with Gasteiger partial charge < -0.3 is 14.4 Å². The third-order valence-corrected chi connectivity index (χ3v) is 6.12. The number of rotatable bonds is 7. The molecule has 4 nitrogen and oxygen atoms in total. The number of benzene rings is 2. The first kappa shape index (κ1) is 19.7. The Labute approximate surface area is 173 Å². The number of methoxy groups -OCH3 is 1. The number of hydrogen-bond acceptors (Lipinski definition) is 4. The second kappa shape index (κ2) is 8.42. The highest BCUT2D eigenvalue weighted by Gasteiger charge is 2.40. The molecule has 4 rings (SSSR count). The average Bonchev–Trinajstić information content (AvgIpc) is 3.13. The second-order valence-electron chi connectivity index (χ2n) is 8.06. The van der Waals surface area contributed by atoms with Crippen molar-refractivity contribution >= 4 is 5.78 Å². The molecule has 0 fully saturated rings. The SMILES string of the molecule is CCN(C)Cc1ccc(OC)c2c1C1C=C[C@H](CC(=O)c3ccccc3)CC1O2. The summed E-state index contributed by atoms with van der Waals surface area (Å²) in [6, 6.07) is 13.7. The number of ketones is 1. The van der Waals surface area contributed by atoms with Crippen LogP contribution in [-0.4, -0.2) is 37.5 Å². The van der Waals surface area contributed by atoms with Crippen LogP contribution in [0.2, 0.25) is 0 Å². The van der Waals surface area contributed by atoms with Crippen LogP contribution in [0, 0.1) is 5.92 Å². The maximum atomic E-state index is 12.6. The highest BCUT2D eigenvalue weighted by molar-refractivity contribution is 5.96. The van der Waals surface area contributed by atoms with Gasteiger partial charge in [-0.15, -0.1) is 0 Å². The molecule has 0 N–H and O–H groups in total. The van der Waals surface area contributed by atoms with E-state index in [4.69, 9.17) is 9.47 Å². The van der Waals surface area contributed by atoms with E-state index in [1.54, 1.807) is 7.11 Å². The van der Waals surface area contributed by atoms with Gasteiger partial charge in [0.1, 0.15) is 6.10 Å². The fourth-order valence-electron chi connectivity index (χ4n) is 4.42. The number of hydrogen-bond donors (Lipinski definition) is 0. The van der Waals surface area contributed by atoms with Gasteiger partial charge in [0, 0.05) is 30.0 Å². The molecule has 2 aliphatic rings. The summed E-state index contributed by atoms with van der Waals surface area (Å²) in [6.07, 6.45) is 5.89. The minimum Gasteiger partial charge on any atom is -0.493 e. The summed E-state index contributed by atoms with van der Waals surface area (Å²) in [6.45, 7) is 4.05. The Morgan fingerprint density at radius 2 is 1.97 bits per heavy atom. The lowest BCUT2D eigenvalue weighted by Crippen LogP contribution is -2.26. The number of allylic oxidation sites excluding steroid dienone is 1. The Morgan fingerprint density at radius 1 is 1.17 bits per heavy atom. The van der Waals surface area contributed by atoms with Crippen molar-refractivity contribution in [2.24, 2.45) is 5.92 Å². The molecule has 0 amide bonds. The van der Waals surface area contributed by atoms with Crippen molar-refractivity contribution in [3.8, 4) is 11.5 Å². The molecule has 0 aromatic heterocycles. The average molecular weight is 392 g/mol. The van der Waals surface area contributed by atoms with Gasteiger partial charge in [-0.3, -0.25) is 4.79 Å². The topological polar surface area (TPSA) is 38.8 Å². The Morgan fingerprint density at radius 3 is 2.69 bits per heavy atom. The lowest BCUT2D eigenvalue weighted by atomic mass is 9.80. The van der Waals surface area contributed by atoms with Gasteiger partial charge in [-0.05, 0) is 37.6 Å². The fourth-order valence-corrected chi connectivity index (χ4v) is 4.42. The summed E-state index contributed by atoms with van der Waals surface area (Å²) in [7, 11) is 3.82. The molecule has 29 heavy (non-hydrogen) atoms. The molecule has 0 saturated heterocycles. The molecule has 0 saturated carbocycles. The normalized spacial score (nSPS) is 22.1. The molecule has 0 radical (unpaired) electrons. The summed E-state index contributed by atoms with van der Waals surface area (Å²) >= 11 is 0. The summed E-state index contributed by atoms with van der Waals surface area (Å²) in [5.41, 5.74) is 3.32. The van der Waals surface area contributed by atoms with Crippen LogP contribution in [-0.2, 0) is 6.54 Å². The van der Waals surface area contributed by atoms with E-state index >= 15 is 0 Å². The maximum Gasteiger partial charge on any atom is 0.165 e.